The Morgan fingerprint density at radius 2 is 1.92 bits per heavy atom. The molecule has 74 valence electrons. The van der Waals surface area contributed by atoms with Gasteiger partial charge in [0.05, 0.1) is 0 Å². The first-order chi connectivity index (χ1) is 5.73. The molecular formula is C8H11Cl2NO2. The van der Waals surface area contributed by atoms with Crippen LogP contribution in [0.4, 0.5) is 0 Å². The molecule has 0 bridgehead atoms. The third-order valence-corrected chi connectivity index (χ3v) is 2.00. The van der Waals surface area contributed by atoms with Crippen LogP contribution >= 0.6 is 24.0 Å². The zero-order valence-electron chi connectivity index (χ0n) is 7.36. The second-order valence-electron chi connectivity index (χ2n) is 2.16. The molecular weight excluding hydrogens is 213 g/mol. The third-order valence-electron chi connectivity index (χ3n) is 1.50. The van der Waals surface area contributed by atoms with Gasteiger partial charge in [0.1, 0.15) is 5.69 Å². The van der Waals surface area contributed by atoms with Gasteiger partial charge in [-0.05, 0) is 23.7 Å². The Morgan fingerprint density at radius 1 is 1.31 bits per heavy atom. The molecule has 0 amide bonds. The van der Waals surface area contributed by atoms with Crippen LogP contribution < -0.4 is 0 Å². The van der Waals surface area contributed by atoms with Crippen LogP contribution in [0, 0.1) is 0 Å². The van der Waals surface area contributed by atoms with Crippen LogP contribution in [0.25, 0.3) is 0 Å². The molecule has 0 atom stereocenters. The minimum Gasteiger partial charge on any atom is -0.336 e. The molecule has 5 heteroatoms. The zero-order valence-corrected chi connectivity index (χ0v) is 8.93. The fourth-order valence-electron chi connectivity index (χ4n) is 0.832. The molecule has 0 aliphatic carbocycles. The van der Waals surface area contributed by atoms with E-state index in [0.29, 0.717) is 5.69 Å². The lowest BCUT2D eigenvalue weighted by Crippen LogP contribution is -2.24. The van der Waals surface area contributed by atoms with E-state index in [4.69, 9.17) is 21.1 Å². The molecule has 13 heavy (non-hydrogen) atoms. The first kappa shape index (κ1) is 12.7. The van der Waals surface area contributed by atoms with Crippen molar-refractivity contribution in [3.05, 3.63) is 30.1 Å². The van der Waals surface area contributed by atoms with Gasteiger partial charge >= 0.3 is 0 Å². The van der Waals surface area contributed by atoms with E-state index in [1.54, 1.807) is 18.3 Å². The minimum absolute atomic E-state index is 0. The Morgan fingerprint density at radius 3 is 2.31 bits per heavy atom. The number of pyridine rings is 1. The minimum atomic E-state index is -1.26. The highest BCUT2D eigenvalue weighted by Crippen LogP contribution is 2.28. The maximum Gasteiger partial charge on any atom is 0.293 e. The molecule has 0 aliphatic heterocycles. The number of ether oxygens (including phenoxy) is 2. The maximum absolute atomic E-state index is 5.93. The number of rotatable bonds is 3. The van der Waals surface area contributed by atoms with Crippen molar-refractivity contribution in [3.63, 3.8) is 0 Å². The van der Waals surface area contributed by atoms with Crippen molar-refractivity contribution in [3.8, 4) is 0 Å². The van der Waals surface area contributed by atoms with Crippen LogP contribution in [0.15, 0.2) is 24.4 Å². The molecule has 1 heterocycles. The zero-order chi connectivity index (χ0) is 9.03. The molecule has 0 fully saturated rings. The predicted octanol–water partition coefficient (Wildman–Crippen LogP) is 2.15. The van der Waals surface area contributed by atoms with Gasteiger partial charge in [0.25, 0.3) is 5.25 Å². The number of alkyl halides is 1. The average molecular weight is 224 g/mol. The van der Waals surface area contributed by atoms with Gasteiger partial charge in [-0.15, -0.1) is 12.4 Å². The summed E-state index contributed by atoms with van der Waals surface area (Å²) in [6.07, 6.45) is 1.63. The summed E-state index contributed by atoms with van der Waals surface area (Å²) in [6, 6.07) is 5.35. The summed E-state index contributed by atoms with van der Waals surface area (Å²) in [5.41, 5.74) is 0.539. The Balaban J connectivity index is 0.00000144. The SMILES string of the molecule is COC(Cl)(OC)c1ccccn1.Cl. The van der Waals surface area contributed by atoms with Crippen LogP contribution in [-0.4, -0.2) is 19.2 Å². The first-order valence-corrected chi connectivity index (χ1v) is 3.81. The largest absolute Gasteiger partial charge is 0.336 e. The van der Waals surface area contributed by atoms with Crippen LogP contribution in [0.5, 0.6) is 0 Å². The smallest absolute Gasteiger partial charge is 0.293 e. The van der Waals surface area contributed by atoms with Crippen LogP contribution in [0.3, 0.4) is 0 Å². The topological polar surface area (TPSA) is 31.4 Å². The maximum atomic E-state index is 5.93. The Labute approximate surface area is 88.4 Å². The summed E-state index contributed by atoms with van der Waals surface area (Å²) < 4.78 is 9.91. The molecule has 0 unspecified atom stereocenters. The number of hydrogen-bond donors (Lipinski definition) is 0. The summed E-state index contributed by atoms with van der Waals surface area (Å²) >= 11 is 5.93. The van der Waals surface area contributed by atoms with E-state index in [2.05, 4.69) is 4.98 Å². The molecule has 0 radical (unpaired) electrons. The van der Waals surface area contributed by atoms with E-state index < -0.39 is 5.25 Å². The normalized spacial score (nSPS) is 10.7. The number of methoxy groups -OCH3 is 2. The van der Waals surface area contributed by atoms with Crippen molar-refractivity contribution < 1.29 is 9.47 Å². The molecule has 0 spiro atoms. The van der Waals surface area contributed by atoms with E-state index in [9.17, 15) is 0 Å². The van der Waals surface area contributed by atoms with Crippen molar-refractivity contribution in [2.24, 2.45) is 0 Å². The van der Waals surface area contributed by atoms with Gasteiger partial charge in [0, 0.05) is 20.4 Å². The van der Waals surface area contributed by atoms with E-state index >= 15 is 0 Å². The number of nitrogens with zero attached hydrogens (tertiary/aromatic N) is 1. The molecule has 1 rings (SSSR count). The average Bonchev–Trinajstić information content (AvgIpc) is 2.18. The molecule has 0 N–H and O–H groups in total. The highest BCUT2D eigenvalue weighted by atomic mass is 35.5. The summed E-state index contributed by atoms with van der Waals surface area (Å²) in [4.78, 5) is 4.01. The highest BCUT2D eigenvalue weighted by molar-refractivity contribution is 6.21. The lowest BCUT2D eigenvalue weighted by Gasteiger charge is -2.22. The van der Waals surface area contributed by atoms with Gasteiger partial charge in [-0.2, -0.15) is 0 Å². The lowest BCUT2D eigenvalue weighted by molar-refractivity contribution is -0.150. The van der Waals surface area contributed by atoms with Crippen LogP contribution in [0.1, 0.15) is 5.69 Å². The molecule has 1 aromatic heterocycles. The van der Waals surface area contributed by atoms with Crippen molar-refractivity contribution in [2.45, 2.75) is 5.25 Å². The highest BCUT2D eigenvalue weighted by Gasteiger charge is 2.30. The fraction of sp³-hybridized carbons (Fsp3) is 0.375. The quantitative estimate of drug-likeness (QED) is 0.582. The van der Waals surface area contributed by atoms with Crippen LogP contribution in [0.2, 0.25) is 0 Å². The van der Waals surface area contributed by atoms with Crippen LogP contribution in [-0.2, 0) is 14.7 Å². The molecule has 0 aromatic carbocycles. The molecule has 0 saturated carbocycles. The van der Waals surface area contributed by atoms with Gasteiger partial charge in [-0.3, -0.25) is 4.98 Å². The monoisotopic (exact) mass is 223 g/mol. The van der Waals surface area contributed by atoms with Crippen molar-refractivity contribution >= 4 is 24.0 Å². The van der Waals surface area contributed by atoms with Gasteiger partial charge in [-0.25, -0.2) is 0 Å². The van der Waals surface area contributed by atoms with E-state index in [1.807, 2.05) is 6.07 Å². The standard InChI is InChI=1S/C8H10ClNO2.ClH/c1-11-8(9,12-2)7-5-3-4-6-10-7;/h3-6H,1-2H3;1H. The van der Waals surface area contributed by atoms with Crippen molar-refractivity contribution in [2.75, 3.05) is 14.2 Å². The fourth-order valence-corrected chi connectivity index (χ4v) is 0.944. The third kappa shape index (κ3) is 2.81. The summed E-state index contributed by atoms with van der Waals surface area (Å²) in [7, 11) is 2.93. The summed E-state index contributed by atoms with van der Waals surface area (Å²) in [6.45, 7) is 0. The second-order valence-corrected chi connectivity index (χ2v) is 2.66. The van der Waals surface area contributed by atoms with Gasteiger partial charge in [0.15, 0.2) is 0 Å². The second kappa shape index (κ2) is 5.40. The lowest BCUT2D eigenvalue weighted by atomic mass is 10.3. The Bertz CT molecular complexity index is 239. The Hall–Kier alpha value is -0.350. The molecule has 3 nitrogen and oxygen atoms in total. The van der Waals surface area contributed by atoms with E-state index in [0.717, 1.165) is 0 Å². The molecule has 1 aromatic rings. The van der Waals surface area contributed by atoms with Gasteiger partial charge in [0.2, 0.25) is 0 Å². The summed E-state index contributed by atoms with van der Waals surface area (Å²) in [5, 5.41) is -1.26. The van der Waals surface area contributed by atoms with Crippen molar-refractivity contribution in [1.29, 1.82) is 0 Å². The summed E-state index contributed by atoms with van der Waals surface area (Å²) in [5.74, 6) is 0. The number of halogens is 2. The predicted molar refractivity (Wildman–Crippen MR) is 53.0 cm³/mol. The number of aromatic nitrogens is 1. The first-order valence-electron chi connectivity index (χ1n) is 3.43. The van der Waals surface area contributed by atoms with Gasteiger partial charge < -0.3 is 9.47 Å². The Kier molecular flexibility index (Phi) is 5.25. The number of hydrogen-bond acceptors (Lipinski definition) is 3. The van der Waals surface area contributed by atoms with Gasteiger partial charge in [-0.1, -0.05) is 6.07 Å². The molecule has 0 saturated heterocycles. The van der Waals surface area contributed by atoms with Crippen molar-refractivity contribution in [1.82, 2.24) is 4.98 Å². The molecule has 0 aliphatic rings. The van der Waals surface area contributed by atoms with E-state index in [-0.39, 0.29) is 12.4 Å². The van der Waals surface area contributed by atoms with E-state index in [1.165, 1.54) is 14.2 Å².